The maximum atomic E-state index is 11.9. The van der Waals surface area contributed by atoms with Crippen LogP contribution < -0.4 is 5.32 Å². The number of urea groups is 1. The molecule has 1 aliphatic rings. The third-order valence-corrected chi connectivity index (χ3v) is 3.54. The molecule has 0 aromatic heterocycles. The fourth-order valence-electron chi connectivity index (χ4n) is 2.45. The zero-order valence-electron chi connectivity index (χ0n) is 12.1. The van der Waals surface area contributed by atoms with Gasteiger partial charge in [-0.2, -0.15) is 0 Å². The number of amides is 2. The monoisotopic (exact) mass is 271 g/mol. The van der Waals surface area contributed by atoms with Crippen LogP contribution in [0.1, 0.15) is 26.2 Å². The van der Waals surface area contributed by atoms with Crippen molar-refractivity contribution >= 4 is 12.0 Å². The molecule has 2 atom stereocenters. The Morgan fingerprint density at radius 3 is 2.68 bits per heavy atom. The van der Waals surface area contributed by atoms with E-state index in [4.69, 9.17) is 5.11 Å². The molecule has 0 radical (unpaired) electrons. The van der Waals surface area contributed by atoms with Crippen LogP contribution in [0.5, 0.6) is 0 Å². The SMILES string of the molecule is CCC[C@H](NC(=O)N(C)CC1CCN(C)C1)C(=O)O. The summed E-state index contributed by atoms with van der Waals surface area (Å²) in [4.78, 5) is 26.8. The summed E-state index contributed by atoms with van der Waals surface area (Å²) in [6, 6.07) is -1.08. The van der Waals surface area contributed by atoms with Gasteiger partial charge in [-0.1, -0.05) is 13.3 Å². The molecule has 0 aliphatic carbocycles. The number of nitrogens with one attached hydrogen (secondary N) is 1. The second kappa shape index (κ2) is 7.33. The van der Waals surface area contributed by atoms with E-state index in [-0.39, 0.29) is 6.03 Å². The summed E-state index contributed by atoms with van der Waals surface area (Å²) in [5.41, 5.74) is 0. The molecular formula is C13H25N3O3. The first-order valence-corrected chi connectivity index (χ1v) is 6.87. The lowest BCUT2D eigenvalue weighted by Gasteiger charge is -2.23. The predicted octanol–water partition coefficient (Wildman–Crippen LogP) is 0.833. The van der Waals surface area contributed by atoms with E-state index in [1.165, 1.54) is 0 Å². The van der Waals surface area contributed by atoms with Crippen molar-refractivity contribution < 1.29 is 14.7 Å². The van der Waals surface area contributed by atoms with Gasteiger partial charge in [0.1, 0.15) is 6.04 Å². The first-order valence-electron chi connectivity index (χ1n) is 6.87. The number of hydrogen-bond donors (Lipinski definition) is 2. The molecule has 110 valence electrons. The van der Waals surface area contributed by atoms with Crippen LogP contribution in [0.3, 0.4) is 0 Å². The first kappa shape index (κ1) is 15.8. The smallest absolute Gasteiger partial charge is 0.326 e. The molecule has 0 saturated carbocycles. The van der Waals surface area contributed by atoms with Crippen LogP contribution in [0.2, 0.25) is 0 Å². The molecule has 1 rings (SSSR count). The summed E-state index contributed by atoms with van der Waals surface area (Å²) < 4.78 is 0. The molecule has 2 N–H and O–H groups in total. The summed E-state index contributed by atoms with van der Waals surface area (Å²) in [5.74, 6) is -0.487. The van der Waals surface area contributed by atoms with Gasteiger partial charge in [-0.05, 0) is 32.4 Å². The number of likely N-dealkylation sites (tertiary alicyclic amines) is 1. The minimum Gasteiger partial charge on any atom is -0.480 e. The van der Waals surface area contributed by atoms with Gasteiger partial charge < -0.3 is 20.2 Å². The van der Waals surface area contributed by atoms with Gasteiger partial charge in [0, 0.05) is 20.1 Å². The number of carboxylic acid groups (broad SMARTS) is 1. The summed E-state index contributed by atoms with van der Waals surface area (Å²) >= 11 is 0. The van der Waals surface area contributed by atoms with Gasteiger partial charge >= 0.3 is 12.0 Å². The fraction of sp³-hybridized carbons (Fsp3) is 0.846. The van der Waals surface area contributed by atoms with E-state index in [1.807, 2.05) is 6.92 Å². The first-order chi connectivity index (χ1) is 8.93. The van der Waals surface area contributed by atoms with Crippen LogP contribution >= 0.6 is 0 Å². The molecule has 2 amide bonds. The standard InChI is InChI=1S/C13H25N3O3/c1-4-5-11(12(17)18)14-13(19)16(3)9-10-6-7-15(2)8-10/h10-11H,4-9H2,1-3H3,(H,14,19)(H,17,18)/t10?,11-/m0/s1. The highest BCUT2D eigenvalue weighted by atomic mass is 16.4. The topological polar surface area (TPSA) is 72.9 Å². The van der Waals surface area contributed by atoms with E-state index in [9.17, 15) is 9.59 Å². The highest BCUT2D eigenvalue weighted by molar-refractivity contribution is 5.82. The lowest BCUT2D eigenvalue weighted by atomic mass is 10.1. The Morgan fingerprint density at radius 2 is 2.21 bits per heavy atom. The quantitative estimate of drug-likeness (QED) is 0.750. The second-order valence-corrected chi connectivity index (χ2v) is 5.43. The van der Waals surface area contributed by atoms with Gasteiger partial charge in [0.15, 0.2) is 0 Å². The van der Waals surface area contributed by atoms with Crippen molar-refractivity contribution in [3.63, 3.8) is 0 Å². The Balaban J connectivity index is 2.40. The Hall–Kier alpha value is -1.30. The van der Waals surface area contributed by atoms with Crippen LogP contribution in [0.15, 0.2) is 0 Å². The van der Waals surface area contributed by atoms with Gasteiger partial charge in [0.25, 0.3) is 0 Å². The molecule has 6 nitrogen and oxygen atoms in total. The molecule has 1 saturated heterocycles. The van der Waals surface area contributed by atoms with E-state index >= 15 is 0 Å². The molecule has 0 bridgehead atoms. The number of carboxylic acids is 1. The lowest BCUT2D eigenvalue weighted by Crippen LogP contribution is -2.47. The molecule has 19 heavy (non-hydrogen) atoms. The molecule has 1 heterocycles. The van der Waals surface area contributed by atoms with Crippen LogP contribution in [-0.4, -0.2) is 66.7 Å². The highest BCUT2D eigenvalue weighted by Crippen LogP contribution is 2.15. The van der Waals surface area contributed by atoms with Crippen molar-refractivity contribution in [1.82, 2.24) is 15.1 Å². The van der Waals surface area contributed by atoms with Crippen LogP contribution in [-0.2, 0) is 4.79 Å². The van der Waals surface area contributed by atoms with Gasteiger partial charge in [0.05, 0.1) is 0 Å². The van der Waals surface area contributed by atoms with E-state index in [0.29, 0.717) is 18.9 Å². The number of hydrogen-bond acceptors (Lipinski definition) is 3. The Kier molecular flexibility index (Phi) is 6.08. The normalized spacial score (nSPS) is 21.1. The van der Waals surface area contributed by atoms with Gasteiger partial charge in [-0.15, -0.1) is 0 Å². The summed E-state index contributed by atoms with van der Waals surface area (Å²) in [5, 5.41) is 11.6. The van der Waals surface area contributed by atoms with E-state index in [1.54, 1.807) is 11.9 Å². The van der Waals surface area contributed by atoms with Crippen LogP contribution in [0.25, 0.3) is 0 Å². The third kappa shape index (κ3) is 5.06. The number of carbonyl (C=O) groups is 2. The molecule has 0 aromatic rings. The van der Waals surface area contributed by atoms with Gasteiger partial charge in [-0.3, -0.25) is 0 Å². The van der Waals surface area contributed by atoms with Crippen molar-refractivity contribution in [2.75, 3.05) is 33.7 Å². The Morgan fingerprint density at radius 1 is 1.53 bits per heavy atom. The van der Waals surface area contributed by atoms with Gasteiger partial charge in [0.2, 0.25) is 0 Å². The molecule has 1 unspecified atom stereocenters. The zero-order chi connectivity index (χ0) is 14.4. The number of nitrogens with zero attached hydrogens (tertiary/aromatic N) is 2. The number of rotatable bonds is 6. The van der Waals surface area contributed by atoms with E-state index in [2.05, 4.69) is 17.3 Å². The Bertz CT molecular complexity index is 322. The van der Waals surface area contributed by atoms with Crippen LogP contribution in [0.4, 0.5) is 4.79 Å². The van der Waals surface area contributed by atoms with Gasteiger partial charge in [-0.25, -0.2) is 9.59 Å². The fourth-order valence-corrected chi connectivity index (χ4v) is 2.45. The second-order valence-electron chi connectivity index (χ2n) is 5.43. The van der Waals surface area contributed by atoms with Crippen molar-refractivity contribution in [3.05, 3.63) is 0 Å². The molecule has 0 spiro atoms. The molecule has 0 aromatic carbocycles. The third-order valence-electron chi connectivity index (χ3n) is 3.54. The summed E-state index contributed by atoms with van der Waals surface area (Å²) in [6.45, 7) is 4.64. The van der Waals surface area contributed by atoms with Crippen molar-refractivity contribution in [3.8, 4) is 0 Å². The van der Waals surface area contributed by atoms with Crippen molar-refractivity contribution in [1.29, 1.82) is 0 Å². The maximum absolute atomic E-state index is 11.9. The highest BCUT2D eigenvalue weighted by Gasteiger charge is 2.25. The predicted molar refractivity (Wildman–Crippen MR) is 73.1 cm³/mol. The minimum absolute atomic E-state index is 0.296. The van der Waals surface area contributed by atoms with E-state index in [0.717, 1.165) is 25.9 Å². The average Bonchev–Trinajstić information content (AvgIpc) is 2.73. The minimum atomic E-state index is -0.968. The summed E-state index contributed by atoms with van der Waals surface area (Å²) in [7, 11) is 3.79. The molecular weight excluding hydrogens is 246 g/mol. The molecule has 1 fully saturated rings. The van der Waals surface area contributed by atoms with E-state index < -0.39 is 12.0 Å². The average molecular weight is 271 g/mol. The lowest BCUT2D eigenvalue weighted by molar-refractivity contribution is -0.139. The number of carbonyl (C=O) groups excluding carboxylic acids is 1. The maximum Gasteiger partial charge on any atom is 0.326 e. The van der Waals surface area contributed by atoms with Crippen LogP contribution in [0, 0.1) is 5.92 Å². The summed E-state index contributed by atoms with van der Waals surface area (Å²) in [6.07, 6.45) is 2.28. The molecule has 6 heteroatoms. The largest absolute Gasteiger partial charge is 0.480 e. The Labute approximate surface area is 114 Å². The van der Waals surface area contributed by atoms with Crippen molar-refractivity contribution in [2.45, 2.75) is 32.2 Å². The zero-order valence-corrected chi connectivity index (χ0v) is 12.1. The van der Waals surface area contributed by atoms with Crippen molar-refractivity contribution in [2.24, 2.45) is 5.92 Å². The molecule has 1 aliphatic heterocycles. The number of aliphatic carboxylic acids is 1.